The van der Waals surface area contributed by atoms with Gasteiger partial charge in [0, 0.05) is 26.7 Å². The van der Waals surface area contributed by atoms with Gasteiger partial charge in [-0.3, -0.25) is 0 Å². The first-order valence-electron chi connectivity index (χ1n) is 7.59. The topological polar surface area (TPSA) is 49.4 Å². The van der Waals surface area contributed by atoms with Gasteiger partial charge in [-0.1, -0.05) is 32.6 Å². The lowest BCUT2D eigenvalue weighted by Gasteiger charge is -2.18. The molecule has 0 heterocycles. The molecule has 0 radical (unpaired) electrons. The summed E-state index contributed by atoms with van der Waals surface area (Å²) < 4.78 is 24.6. The van der Waals surface area contributed by atoms with Crippen molar-refractivity contribution in [2.75, 3.05) is 26.4 Å². The number of sulfonamides is 1. The van der Waals surface area contributed by atoms with Gasteiger partial charge in [-0.2, -0.15) is 0 Å². The number of hydrogen-bond acceptors (Lipinski definition) is 3. The smallest absolute Gasteiger partial charge is 0.214 e. The van der Waals surface area contributed by atoms with Crippen LogP contribution in [0.5, 0.6) is 0 Å². The van der Waals surface area contributed by atoms with Crippen LogP contribution in [0.2, 0.25) is 0 Å². The SMILES string of the molecule is CCCC1CCCC(NCCS(=O)(=O)N(C)C)CC1. The second kappa shape index (κ2) is 8.22. The summed E-state index contributed by atoms with van der Waals surface area (Å²) in [4.78, 5) is 0. The van der Waals surface area contributed by atoms with Crippen molar-refractivity contribution in [1.82, 2.24) is 9.62 Å². The van der Waals surface area contributed by atoms with Crippen molar-refractivity contribution in [3.63, 3.8) is 0 Å². The fourth-order valence-corrected chi connectivity index (χ4v) is 3.60. The van der Waals surface area contributed by atoms with Crippen molar-refractivity contribution >= 4 is 10.0 Å². The van der Waals surface area contributed by atoms with Crippen molar-refractivity contribution in [2.45, 2.75) is 57.9 Å². The molecule has 5 heteroatoms. The van der Waals surface area contributed by atoms with Gasteiger partial charge in [-0.05, 0) is 25.2 Å². The Morgan fingerprint density at radius 3 is 2.53 bits per heavy atom. The van der Waals surface area contributed by atoms with Crippen LogP contribution in [0.3, 0.4) is 0 Å². The van der Waals surface area contributed by atoms with E-state index in [4.69, 9.17) is 0 Å². The van der Waals surface area contributed by atoms with E-state index in [-0.39, 0.29) is 5.75 Å². The van der Waals surface area contributed by atoms with E-state index in [1.54, 1.807) is 14.1 Å². The summed E-state index contributed by atoms with van der Waals surface area (Å²) in [6, 6.07) is 0.513. The number of nitrogens with zero attached hydrogens (tertiary/aromatic N) is 1. The van der Waals surface area contributed by atoms with E-state index in [2.05, 4.69) is 12.2 Å². The molecule has 2 atom stereocenters. The largest absolute Gasteiger partial charge is 0.313 e. The molecule has 0 saturated heterocycles. The normalized spacial score (nSPS) is 25.5. The summed E-state index contributed by atoms with van der Waals surface area (Å²) in [6.07, 6.45) is 8.96. The first kappa shape index (κ1) is 16.9. The van der Waals surface area contributed by atoms with Gasteiger partial charge in [-0.25, -0.2) is 12.7 Å². The maximum Gasteiger partial charge on any atom is 0.214 e. The van der Waals surface area contributed by atoms with Crippen LogP contribution in [0.15, 0.2) is 0 Å². The van der Waals surface area contributed by atoms with Crippen LogP contribution in [-0.2, 0) is 10.0 Å². The Kier molecular flexibility index (Phi) is 7.32. The zero-order chi connectivity index (χ0) is 14.3. The summed E-state index contributed by atoms with van der Waals surface area (Å²) in [6.45, 7) is 2.83. The molecular formula is C14H30N2O2S. The molecule has 0 aliphatic heterocycles. The highest BCUT2D eigenvalue weighted by molar-refractivity contribution is 7.89. The predicted octanol–water partition coefficient (Wildman–Crippen LogP) is 2.22. The van der Waals surface area contributed by atoms with Crippen molar-refractivity contribution in [2.24, 2.45) is 5.92 Å². The molecule has 0 aromatic heterocycles. The maximum atomic E-state index is 11.7. The second-order valence-corrected chi connectivity index (χ2v) is 8.21. The molecular weight excluding hydrogens is 260 g/mol. The minimum Gasteiger partial charge on any atom is -0.313 e. The van der Waals surface area contributed by atoms with Crippen LogP contribution in [0.1, 0.15) is 51.9 Å². The molecule has 0 aromatic carbocycles. The highest BCUT2D eigenvalue weighted by atomic mass is 32.2. The lowest BCUT2D eigenvalue weighted by Crippen LogP contribution is -2.36. The summed E-state index contributed by atoms with van der Waals surface area (Å²) >= 11 is 0. The monoisotopic (exact) mass is 290 g/mol. The molecule has 114 valence electrons. The van der Waals surface area contributed by atoms with Crippen LogP contribution < -0.4 is 5.32 Å². The molecule has 4 nitrogen and oxygen atoms in total. The average molecular weight is 290 g/mol. The Morgan fingerprint density at radius 1 is 1.16 bits per heavy atom. The van der Waals surface area contributed by atoms with Gasteiger partial charge in [0.1, 0.15) is 0 Å². The highest BCUT2D eigenvalue weighted by Gasteiger charge is 2.19. The minimum atomic E-state index is -3.06. The van der Waals surface area contributed by atoms with Crippen LogP contribution in [0, 0.1) is 5.92 Å². The first-order valence-corrected chi connectivity index (χ1v) is 9.20. The van der Waals surface area contributed by atoms with Crippen LogP contribution in [-0.4, -0.2) is 45.2 Å². The number of rotatable bonds is 7. The lowest BCUT2D eigenvalue weighted by atomic mass is 9.95. The molecule has 0 amide bonds. The standard InChI is InChI=1S/C14H30N2O2S/c1-4-6-13-7-5-8-14(10-9-13)15-11-12-19(17,18)16(2)3/h13-15H,4-12H2,1-3H3. The van der Waals surface area contributed by atoms with Crippen molar-refractivity contribution < 1.29 is 8.42 Å². The molecule has 19 heavy (non-hydrogen) atoms. The summed E-state index contributed by atoms with van der Waals surface area (Å²) in [5, 5.41) is 3.43. The Labute approximate surface area is 119 Å². The molecule has 1 N–H and O–H groups in total. The van der Waals surface area contributed by atoms with Gasteiger partial charge in [0.05, 0.1) is 5.75 Å². The number of nitrogens with one attached hydrogen (secondary N) is 1. The highest BCUT2D eigenvalue weighted by Crippen LogP contribution is 2.26. The fraction of sp³-hybridized carbons (Fsp3) is 1.00. The molecule has 0 bridgehead atoms. The van der Waals surface area contributed by atoms with E-state index in [0.29, 0.717) is 12.6 Å². The van der Waals surface area contributed by atoms with Gasteiger partial charge in [-0.15, -0.1) is 0 Å². The Morgan fingerprint density at radius 2 is 1.89 bits per heavy atom. The Bertz CT molecular complexity index is 341. The van der Waals surface area contributed by atoms with Gasteiger partial charge in [0.15, 0.2) is 0 Å². The molecule has 0 aromatic rings. The molecule has 1 aliphatic carbocycles. The predicted molar refractivity (Wildman–Crippen MR) is 80.7 cm³/mol. The fourth-order valence-electron chi connectivity index (χ4n) is 2.85. The summed E-state index contributed by atoms with van der Waals surface area (Å²) in [5.41, 5.74) is 0. The average Bonchev–Trinajstić information content (AvgIpc) is 2.55. The summed E-state index contributed by atoms with van der Waals surface area (Å²) in [7, 11) is 0.130. The maximum absolute atomic E-state index is 11.7. The van der Waals surface area contributed by atoms with Gasteiger partial charge >= 0.3 is 0 Å². The minimum absolute atomic E-state index is 0.203. The lowest BCUT2D eigenvalue weighted by molar-refractivity contribution is 0.412. The van der Waals surface area contributed by atoms with E-state index in [1.807, 2.05) is 0 Å². The molecule has 1 saturated carbocycles. The third-order valence-electron chi connectivity index (χ3n) is 4.13. The zero-order valence-electron chi connectivity index (χ0n) is 12.7. The van der Waals surface area contributed by atoms with E-state index in [9.17, 15) is 8.42 Å². The van der Waals surface area contributed by atoms with Crippen molar-refractivity contribution in [3.05, 3.63) is 0 Å². The van der Waals surface area contributed by atoms with Crippen LogP contribution >= 0.6 is 0 Å². The third-order valence-corrected chi connectivity index (χ3v) is 5.97. The molecule has 1 rings (SSSR count). The van der Waals surface area contributed by atoms with Crippen LogP contribution in [0.25, 0.3) is 0 Å². The Balaban J connectivity index is 2.27. The van der Waals surface area contributed by atoms with E-state index < -0.39 is 10.0 Å². The first-order chi connectivity index (χ1) is 8.95. The van der Waals surface area contributed by atoms with Crippen molar-refractivity contribution in [3.8, 4) is 0 Å². The second-order valence-electron chi connectivity index (χ2n) is 5.91. The number of hydrogen-bond donors (Lipinski definition) is 1. The van der Waals surface area contributed by atoms with Gasteiger partial charge in [0.25, 0.3) is 0 Å². The van der Waals surface area contributed by atoms with E-state index in [1.165, 1.54) is 49.3 Å². The quantitative estimate of drug-likeness (QED) is 0.731. The van der Waals surface area contributed by atoms with Gasteiger partial charge < -0.3 is 5.32 Å². The van der Waals surface area contributed by atoms with E-state index >= 15 is 0 Å². The molecule has 1 fully saturated rings. The summed E-state index contributed by atoms with van der Waals surface area (Å²) in [5.74, 6) is 1.09. The molecule has 2 unspecified atom stereocenters. The molecule has 0 spiro atoms. The van der Waals surface area contributed by atoms with Crippen molar-refractivity contribution in [1.29, 1.82) is 0 Å². The van der Waals surface area contributed by atoms with E-state index in [0.717, 1.165) is 5.92 Å². The zero-order valence-corrected chi connectivity index (χ0v) is 13.5. The Hall–Kier alpha value is -0.130. The van der Waals surface area contributed by atoms with Gasteiger partial charge in [0.2, 0.25) is 10.0 Å². The molecule has 1 aliphatic rings. The third kappa shape index (κ3) is 6.23. The van der Waals surface area contributed by atoms with Crippen LogP contribution in [0.4, 0.5) is 0 Å².